The fraction of sp³-hybridized carbons (Fsp3) is 0.0714. The molecule has 2 aromatic carbocycles. The van der Waals surface area contributed by atoms with E-state index >= 15 is 0 Å². The number of pyridine rings is 2. The average molecular weight is 485 g/mol. The smallest absolute Gasteiger partial charge is 0.335 e. The van der Waals surface area contributed by atoms with Gasteiger partial charge in [0.15, 0.2) is 0 Å². The first-order valence-electron chi connectivity index (χ1n) is 10.9. The molecule has 0 spiro atoms. The molecule has 4 aromatic rings. The maximum Gasteiger partial charge on any atom is 0.335 e. The van der Waals surface area contributed by atoms with E-state index in [1.165, 1.54) is 24.3 Å². The first-order chi connectivity index (χ1) is 17.5. The molecule has 0 saturated carbocycles. The minimum Gasteiger partial charge on any atom is -0.490 e. The maximum atomic E-state index is 10.7. The molecule has 0 fully saturated rings. The molecule has 0 amide bonds. The van der Waals surface area contributed by atoms with Gasteiger partial charge in [0.25, 0.3) is 0 Å². The molecular formula is C28H24N2O6. The molecule has 0 radical (unpaired) electrons. The lowest BCUT2D eigenvalue weighted by atomic mass is 10.2. The third-order valence-corrected chi connectivity index (χ3v) is 4.70. The second-order valence-corrected chi connectivity index (χ2v) is 7.25. The first kappa shape index (κ1) is 25.6. The maximum absolute atomic E-state index is 10.7. The summed E-state index contributed by atoms with van der Waals surface area (Å²) in [6, 6.07) is 20.0. The van der Waals surface area contributed by atoms with Crippen molar-refractivity contribution in [3.05, 3.63) is 120 Å². The molecule has 0 atom stereocenters. The molecule has 2 N–H and O–H groups in total. The highest BCUT2D eigenvalue weighted by atomic mass is 16.5. The van der Waals surface area contributed by atoms with E-state index in [1.54, 1.807) is 49.1 Å². The van der Waals surface area contributed by atoms with Gasteiger partial charge in [0, 0.05) is 24.8 Å². The molecular weight excluding hydrogens is 460 g/mol. The van der Waals surface area contributed by atoms with Crippen LogP contribution in [-0.2, 0) is 0 Å². The normalized spacial score (nSPS) is 10.2. The van der Waals surface area contributed by atoms with Crippen LogP contribution in [0.5, 0.6) is 11.5 Å². The van der Waals surface area contributed by atoms with Crippen molar-refractivity contribution in [1.82, 2.24) is 9.97 Å². The molecule has 36 heavy (non-hydrogen) atoms. The molecule has 4 rings (SSSR count). The Kier molecular flexibility index (Phi) is 9.73. The van der Waals surface area contributed by atoms with Gasteiger partial charge in [0.2, 0.25) is 0 Å². The Morgan fingerprint density at radius 2 is 0.917 bits per heavy atom. The number of nitrogens with zero attached hydrogens (tertiary/aromatic N) is 2. The van der Waals surface area contributed by atoms with Crippen LogP contribution in [0.15, 0.2) is 97.6 Å². The SMILES string of the molecule is C(=Cc1ccncc1)c1ccncc1.O=C(O)c1ccc(OCCOc2ccc(C(=O)O)cc2)cc1. The van der Waals surface area contributed by atoms with Crippen LogP contribution < -0.4 is 9.47 Å². The van der Waals surface area contributed by atoms with Gasteiger partial charge in [-0.3, -0.25) is 9.97 Å². The summed E-state index contributed by atoms with van der Waals surface area (Å²) in [4.78, 5) is 29.3. The Labute approximate surface area is 208 Å². The topological polar surface area (TPSA) is 119 Å². The molecule has 2 aromatic heterocycles. The van der Waals surface area contributed by atoms with Gasteiger partial charge in [-0.25, -0.2) is 9.59 Å². The van der Waals surface area contributed by atoms with Crippen LogP contribution in [0.25, 0.3) is 12.2 Å². The summed E-state index contributed by atoms with van der Waals surface area (Å²) >= 11 is 0. The standard InChI is InChI=1S/C16H14O6.C12H10N2/c17-15(18)11-1-5-13(6-2-11)21-9-10-22-14-7-3-12(4-8-14)16(19)20;1(11-3-7-13-8-4-11)2-12-5-9-14-10-6-12/h1-8H,9-10H2,(H,17,18)(H,19,20);1-10H. The van der Waals surface area contributed by atoms with Crippen LogP contribution in [0.3, 0.4) is 0 Å². The molecule has 0 aliphatic rings. The second kappa shape index (κ2) is 13.7. The van der Waals surface area contributed by atoms with E-state index < -0.39 is 11.9 Å². The third-order valence-electron chi connectivity index (χ3n) is 4.70. The van der Waals surface area contributed by atoms with Crippen LogP contribution in [0.1, 0.15) is 31.8 Å². The summed E-state index contributed by atoms with van der Waals surface area (Å²) < 4.78 is 10.8. The van der Waals surface area contributed by atoms with Crippen LogP contribution >= 0.6 is 0 Å². The van der Waals surface area contributed by atoms with Crippen molar-refractivity contribution in [2.75, 3.05) is 13.2 Å². The lowest BCUT2D eigenvalue weighted by Gasteiger charge is -2.08. The van der Waals surface area contributed by atoms with E-state index in [0.29, 0.717) is 11.5 Å². The molecule has 0 aliphatic carbocycles. The van der Waals surface area contributed by atoms with Crippen LogP contribution in [0.4, 0.5) is 0 Å². The van der Waals surface area contributed by atoms with Gasteiger partial charge in [-0.2, -0.15) is 0 Å². The summed E-state index contributed by atoms with van der Waals surface area (Å²) in [6.07, 6.45) is 11.2. The fourth-order valence-corrected chi connectivity index (χ4v) is 2.85. The minimum absolute atomic E-state index is 0.196. The number of aromatic carboxylic acids is 2. The first-order valence-corrected chi connectivity index (χ1v) is 10.9. The van der Waals surface area contributed by atoms with Crippen LogP contribution in [0, 0.1) is 0 Å². The van der Waals surface area contributed by atoms with E-state index in [0.717, 1.165) is 11.1 Å². The largest absolute Gasteiger partial charge is 0.490 e. The Morgan fingerprint density at radius 3 is 1.22 bits per heavy atom. The summed E-state index contributed by atoms with van der Waals surface area (Å²) in [5, 5.41) is 17.5. The van der Waals surface area contributed by atoms with Crippen molar-refractivity contribution in [2.24, 2.45) is 0 Å². The lowest BCUT2D eigenvalue weighted by molar-refractivity contribution is 0.0686. The number of ether oxygens (including phenoxy) is 2. The van der Waals surface area contributed by atoms with E-state index in [4.69, 9.17) is 19.7 Å². The number of benzene rings is 2. The minimum atomic E-state index is -0.986. The second-order valence-electron chi connectivity index (χ2n) is 7.25. The van der Waals surface area contributed by atoms with Crippen molar-refractivity contribution < 1.29 is 29.3 Å². The number of hydrogen-bond donors (Lipinski definition) is 2. The van der Waals surface area contributed by atoms with Crippen molar-refractivity contribution in [2.45, 2.75) is 0 Å². The molecule has 0 bridgehead atoms. The van der Waals surface area contributed by atoms with Gasteiger partial charge in [-0.15, -0.1) is 0 Å². The number of carbonyl (C=O) groups is 2. The Balaban J connectivity index is 0.000000221. The zero-order valence-electron chi connectivity index (χ0n) is 19.2. The van der Waals surface area contributed by atoms with E-state index in [1.807, 2.05) is 24.3 Å². The number of hydrogen-bond acceptors (Lipinski definition) is 6. The van der Waals surface area contributed by atoms with Crippen molar-refractivity contribution in [3.63, 3.8) is 0 Å². The van der Waals surface area contributed by atoms with Crippen LogP contribution in [0.2, 0.25) is 0 Å². The molecule has 8 heteroatoms. The lowest BCUT2D eigenvalue weighted by Crippen LogP contribution is -2.09. The van der Waals surface area contributed by atoms with Gasteiger partial charge in [-0.1, -0.05) is 12.2 Å². The van der Waals surface area contributed by atoms with E-state index in [9.17, 15) is 9.59 Å². The summed E-state index contributed by atoms with van der Waals surface area (Å²) in [7, 11) is 0. The quantitative estimate of drug-likeness (QED) is 0.312. The van der Waals surface area contributed by atoms with Gasteiger partial charge in [-0.05, 0) is 83.9 Å². The molecule has 2 heterocycles. The van der Waals surface area contributed by atoms with Gasteiger partial charge in [0.1, 0.15) is 24.7 Å². The zero-order valence-corrected chi connectivity index (χ0v) is 19.2. The number of rotatable bonds is 9. The van der Waals surface area contributed by atoms with Gasteiger partial charge >= 0.3 is 11.9 Å². The molecule has 0 unspecified atom stereocenters. The predicted octanol–water partition coefficient (Wildman–Crippen LogP) is 5.19. The van der Waals surface area contributed by atoms with E-state index in [-0.39, 0.29) is 24.3 Å². The number of aromatic nitrogens is 2. The predicted molar refractivity (Wildman–Crippen MR) is 135 cm³/mol. The summed E-state index contributed by atoms with van der Waals surface area (Å²) in [5.74, 6) is -0.871. The highest BCUT2D eigenvalue weighted by Crippen LogP contribution is 2.14. The van der Waals surface area contributed by atoms with Gasteiger partial charge in [0.05, 0.1) is 11.1 Å². The monoisotopic (exact) mass is 484 g/mol. The Morgan fingerprint density at radius 1 is 0.583 bits per heavy atom. The summed E-state index contributed by atoms with van der Waals surface area (Å²) in [6.45, 7) is 0.570. The molecule has 0 saturated heterocycles. The highest BCUT2D eigenvalue weighted by molar-refractivity contribution is 5.88. The molecule has 0 aliphatic heterocycles. The summed E-state index contributed by atoms with van der Waals surface area (Å²) in [5.41, 5.74) is 2.69. The van der Waals surface area contributed by atoms with E-state index in [2.05, 4.69) is 22.1 Å². The van der Waals surface area contributed by atoms with Gasteiger partial charge < -0.3 is 19.7 Å². The fourth-order valence-electron chi connectivity index (χ4n) is 2.85. The zero-order chi connectivity index (χ0) is 25.6. The van der Waals surface area contributed by atoms with Crippen molar-refractivity contribution >= 4 is 24.1 Å². The third kappa shape index (κ3) is 8.75. The highest BCUT2D eigenvalue weighted by Gasteiger charge is 2.03. The van der Waals surface area contributed by atoms with Crippen LogP contribution in [-0.4, -0.2) is 45.3 Å². The number of carboxylic acid groups (broad SMARTS) is 2. The number of carboxylic acids is 2. The molecule has 182 valence electrons. The Bertz CT molecular complexity index is 1160. The molecule has 8 nitrogen and oxygen atoms in total. The Hall–Kier alpha value is -4.98. The van der Waals surface area contributed by atoms with Crippen molar-refractivity contribution in [1.29, 1.82) is 0 Å². The van der Waals surface area contributed by atoms with Crippen molar-refractivity contribution in [3.8, 4) is 11.5 Å². The average Bonchev–Trinajstić information content (AvgIpc) is 2.92.